The van der Waals surface area contributed by atoms with Gasteiger partial charge in [-0.3, -0.25) is 0 Å². The van der Waals surface area contributed by atoms with Gasteiger partial charge in [-0.25, -0.2) is 9.59 Å². The topological polar surface area (TPSA) is 81.7 Å². The van der Waals surface area contributed by atoms with Crippen molar-refractivity contribution in [3.63, 3.8) is 0 Å². The zero-order valence-electron chi connectivity index (χ0n) is 10.9. The maximum atomic E-state index is 11.5. The SMILES string of the molecule is CCCC(NC(=O)NCCN1CCCC1)C(=O)O. The van der Waals surface area contributed by atoms with E-state index in [0.29, 0.717) is 13.0 Å². The highest BCUT2D eigenvalue weighted by molar-refractivity contribution is 5.82. The first-order valence-corrected chi connectivity index (χ1v) is 6.63. The van der Waals surface area contributed by atoms with Crippen LogP contribution in [-0.4, -0.2) is 54.2 Å². The number of likely N-dealkylation sites (tertiary alicyclic amines) is 1. The van der Waals surface area contributed by atoms with Crippen LogP contribution in [0.4, 0.5) is 4.79 Å². The summed E-state index contributed by atoms with van der Waals surface area (Å²) in [5.74, 6) is -0.980. The van der Waals surface area contributed by atoms with Gasteiger partial charge in [-0.05, 0) is 32.4 Å². The smallest absolute Gasteiger partial charge is 0.326 e. The molecule has 0 radical (unpaired) electrons. The van der Waals surface area contributed by atoms with E-state index >= 15 is 0 Å². The molecular weight excluding hydrogens is 234 g/mol. The summed E-state index contributed by atoms with van der Waals surface area (Å²) >= 11 is 0. The summed E-state index contributed by atoms with van der Waals surface area (Å²) in [7, 11) is 0. The van der Waals surface area contributed by atoms with E-state index in [9.17, 15) is 9.59 Å². The fraction of sp³-hybridized carbons (Fsp3) is 0.833. The minimum absolute atomic E-state index is 0.393. The van der Waals surface area contributed by atoms with Gasteiger partial charge in [0.2, 0.25) is 0 Å². The highest BCUT2D eigenvalue weighted by Gasteiger charge is 2.18. The van der Waals surface area contributed by atoms with E-state index in [4.69, 9.17) is 5.11 Å². The number of nitrogens with one attached hydrogen (secondary N) is 2. The lowest BCUT2D eigenvalue weighted by molar-refractivity contribution is -0.139. The van der Waals surface area contributed by atoms with Gasteiger partial charge in [0.15, 0.2) is 0 Å². The van der Waals surface area contributed by atoms with E-state index in [-0.39, 0.29) is 0 Å². The molecule has 0 aromatic heterocycles. The van der Waals surface area contributed by atoms with Gasteiger partial charge in [-0.2, -0.15) is 0 Å². The molecule has 6 nitrogen and oxygen atoms in total. The van der Waals surface area contributed by atoms with Crippen LogP contribution in [-0.2, 0) is 4.79 Å². The lowest BCUT2D eigenvalue weighted by atomic mass is 10.2. The van der Waals surface area contributed by atoms with Gasteiger partial charge >= 0.3 is 12.0 Å². The first kappa shape index (κ1) is 14.8. The van der Waals surface area contributed by atoms with Gasteiger partial charge < -0.3 is 20.6 Å². The van der Waals surface area contributed by atoms with E-state index in [0.717, 1.165) is 26.1 Å². The summed E-state index contributed by atoms with van der Waals surface area (Å²) in [4.78, 5) is 24.7. The van der Waals surface area contributed by atoms with Gasteiger partial charge in [0.1, 0.15) is 6.04 Å². The number of carbonyl (C=O) groups is 2. The van der Waals surface area contributed by atoms with Crippen LogP contribution in [0, 0.1) is 0 Å². The van der Waals surface area contributed by atoms with Crippen molar-refractivity contribution in [2.75, 3.05) is 26.2 Å². The molecule has 0 spiro atoms. The van der Waals surface area contributed by atoms with Crippen LogP contribution in [0.2, 0.25) is 0 Å². The summed E-state index contributed by atoms with van der Waals surface area (Å²) in [6.45, 7) is 5.47. The lowest BCUT2D eigenvalue weighted by Gasteiger charge is -2.17. The van der Waals surface area contributed by atoms with Crippen LogP contribution in [0.5, 0.6) is 0 Å². The Morgan fingerprint density at radius 1 is 1.33 bits per heavy atom. The first-order valence-electron chi connectivity index (χ1n) is 6.63. The number of aliphatic carboxylic acids is 1. The number of hydrogen-bond acceptors (Lipinski definition) is 3. The first-order chi connectivity index (χ1) is 8.63. The monoisotopic (exact) mass is 257 g/mol. The molecular formula is C12H23N3O3. The molecule has 1 heterocycles. The third-order valence-corrected chi connectivity index (χ3v) is 3.09. The molecule has 3 N–H and O–H groups in total. The molecule has 1 unspecified atom stereocenters. The third-order valence-electron chi connectivity index (χ3n) is 3.09. The summed E-state index contributed by atoms with van der Waals surface area (Å²) in [5.41, 5.74) is 0. The number of carboxylic acids is 1. The van der Waals surface area contributed by atoms with Crippen molar-refractivity contribution in [3.8, 4) is 0 Å². The highest BCUT2D eigenvalue weighted by Crippen LogP contribution is 2.05. The minimum atomic E-state index is -0.980. The van der Waals surface area contributed by atoms with Gasteiger partial charge in [-0.15, -0.1) is 0 Å². The van der Waals surface area contributed by atoms with Crippen molar-refractivity contribution in [1.29, 1.82) is 0 Å². The van der Waals surface area contributed by atoms with Crippen molar-refractivity contribution >= 4 is 12.0 Å². The minimum Gasteiger partial charge on any atom is -0.480 e. The molecule has 2 amide bonds. The predicted octanol–water partition coefficient (Wildman–Crippen LogP) is 0.635. The van der Waals surface area contributed by atoms with Crippen LogP contribution in [0.1, 0.15) is 32.6 Å². The summed E-state index contributed by atoms with van der Waals surface area (Å²) in [6, 6.07) is -1.18. The molecule has 1 aliphatic heterocycles. The molecule has 0 aromatic carbocycles. The number of rotatable bonds is 7. The maximum absolute atomic E-state index is 11.5. The molecule has 18 heavy (non-hydrogen) atoms. The fourth-order valence-corrected chi connectivity index (χ4v) is 2.09. The molecule has 1 saturated heterocycles. The van der Waals surface area contributed by atoms with Crippen LogP contribution in [0.3, 0.4) is 0 Å². The third kappa shape index (κ3) is 5.35. The highest BCUT2D eigenvalue weighted by atomic mass is 16.4. The van der Waals surface area contributed by atoms with E-state index in [1.165, 1.54) is 12.8 Å². The van der Waals surface area contributed by atoms with Crippen LogP contribution in [0.15, 0.2) is 0 Å². The van der Waals surface area contributed by atoms with E-state index in [2.05, 4.69) is 15.5 Å². The molecule has 0 aliphatic carbocycles. The average Bonchev–Trinajstić information content (AvgIpc) is 2.81. The van der Waals surface area contributed by atoms with Crippen molar-refractivity contribution in [3.05, 3.63) is 0 Å². The Morgan fingerprint density at radius 2 is 2.00 bits per heavy atom. The molecule has 0 saturated carbocycles. The molecule has 6 heteroatoms. The quantitative estimate of drug-likeness (QED) is 0.625. The van der Waals surface area contributed by atoms with Gasteiger partial charge in [-0.1, -0.05) is 13.3 Å². The fourth-order valence-electron chi connectivity index (χ4n) is 2.09. The lowest BCUT2D eigenvalue weighted by Crippen LogP contribution is -2.47. The Balaban J connectivity index is 2.16. The molecule has 0 bridgehead atoms. The number of urea groups is 1. The van der Waals surface area contributed by atoms with Crippen LogP contribution in [0.25, 0.3) is 0 Å². The Bertz CT molecular complexity index is 278. The standard InChI is InChI=1S/C12H23N3O3/c1-2-5-10(11(16)17)14-12(18)13-6-9-15-7-3-4-8-15/h10H,2-9H2,1H3,(H,16,17)(H2,13,14,18). The molecule has 1 atom stereocenters. The van der Waals surface area contributed by atoms with E-state index in [1.807, 2.05) is 6.92 Å². The normalized spacial score (nSPS) is 17.4. The maximum Gasteiger partial charge on any atom is 0.326 e. The Morgan fingerprint density at radius 3 is 2.56 bits per heavy atom. The zero-order valence-corrected chi connectivity index (χ0v) is 10.9. The van der Waals surface area contributed by atoms with E-state index < -0.39 is 18.0 Å². The summed E-state index contributed by atoms with van der Waals surface area (Å²) < 4.78 is 0. The summed E-state index contributed by atoms with van der Waals surface area (Å²) in [5, 5.41) is 14.1. The Labute approximate surface area is 108 Å². The van der Waals surface area contributed by atoms with Crippen molar-refractivity contribution < 1.29 is 14.7 Å². The van der Waals surface area contributed by atoms with Crippen LogP contribution >= 0.6 is 0 Å². The van der Waals surface area contributed by atoms with Crippen molar-refractivity contribution in [2.24, 2.45) is 0 Å². The van der Waals surface area contributed by atoms with Crippen molar-refractivity contribution in [2.45, 2.75) is 38.6 Å². The average molecular weight is 257 g/mol. The number of amides is 2. The number of carbonyl (C=O) groups excluding carboxylic acids is 1. The number of hydrogen-bond donors (Lipinski definition) is 3. The second-order valence-corrected chi connectivity index (χ2v) is 4.63. The second kappa shape index (κ2) is 7.92. The molecule has 1 aliphatic rings. The Kier molecular flexibility index (Phi) is 6.49. The van der Waals surface area contributed by atoms with Crippen LogP contribution < -0.4 is 10.6 Å². The zero-order chi connectivity index (χ0) is 13.4. The van der Waals surface area contributed by atoms with E-state index in [1.54, 1.807) is 0 Å². The van der Waals surface area contributed by atoms with Gasteiger partial charge in [0, 0.05) is 13.1 Å². The molecule has 0 aromatic rings. The largest absolute Gasteiger partial charge is 0.480 e. The van der Waals surface area contributed by atoms with Gasteiger partial charge in [0.05, 0.1) is 0 Å². The Hall–Kier alpha value is -1.30. The number of nitrogens with zero attached hydrogens (tertiary/aromatic N) is 1. The predicted molar refractivity (Wildman–Crippen MR) is 68.5 cm³/mol. The summed E-state index contributed by atoms with van der Waals surface area (Å²) in [6.07, 6.45) is 3.63. The molecule has 1 rings (SSSR count). The van der Waals surface area contributed by atoms with Crippen molar-refractivity contribution in [1.82, 2.24) is 15.5 Å². The molecule has 104 valence electrons. The number of carboxylic acid groups (broad SMARTS) is 1. The van der Waals surface area contributed by atoms with Gasteiger partial charge in [0.25, 0.3) is 0 Å². The molecule has 1 fully saturated rings. The second-order valence-electron chi connectivity index (χ2n) is 4.63.